The quantitative estimate of drug-likeness (QED) is 0.299. The van der Waals surface area contributed by atoms with E-state index in [4.69, 9.17) is 5.32 Å². The van der Waals surface area contributed by atoms with E-state index in [0.29, 0.717) is 0 Å². The van der Waals surface area contributed by atoms with E-state index in [1.165, 1.54) is 57.1 Å². The van der Waals surface area contributed by atoms with Gasteiger partial charge in [-0.1, -0.05) is 78.5 Å². The topological polar surface area (TPSA) is 17.3 Å². The first-order valence-electron chi connectivity index (χ1n) is 12.9. The second kappa shape index (κ2) is 11.8. The van der Waals surface area contributed by atoms with Crippen LogP contribution in [0, 0.1) is 51.9 Å². The van der Waals surface area contributed by atoms with E-state index in [2.05, 4.69) is 69.9 Å². The van der Waals surface area contributed by atoms with E-state index in [1.807, 2.05) is 0 Å². The van der Waals surface area contributed by atoms with Crippen molar-refractivity contribution in [1.82, 2.24) is 0 Å². The Morgan fingerprint density at radius 1 is 0.735 bits per heavy atom. The molecule has 7 unspecified atom stereocenters. The number of benzene rings is 1. The fourth-order valence-corrected chi connectivity index (χ4v) is 8.81. The van der Waals surface area contributed by atoms with E-state index in [9.17, 15) is 0 Å². The summed E-state index contributed by atoms with van der Waals surface area (Å²) in [5, 5.41) is 5.49. The molecule has 0 aromatic heterocycles. The van der Waals surface area contributed by atoms with Gasteiger partial charge in [0.1, 0.15) is 0 Å². The van der Waals surface area contributed by atoms with Gasteiger partial charge in [-0.25, -0.2) is 0 Å². The Morgan fingerprint density at radius 3 is 1.85 bits per heavy atom. The maximum Gasteiger partial charge on any atom is 4.00 e. The van der Waals surface area contributed by atoms with E-state index in [0.717, 1.165) is 41.7 Å². The van der Waals surface area contributed by atoms with Gasteiger partial charge in [0.2, 0.25) is 0 Å². The number of para-hydroxylation sites is 1. The van der Waals surface area contributed by atoms with Crippen molar-refractivity contribution in [2.24, 2.45) is 29.6 Å². The minimum atomic E-state index is 0. The summed E-state index contributed by atoms with van der Waals surface area (Å²) in [4.78, 5) is 2.96. The molecular weight excluding hydrogens is 448 g/mol. The normalized spacial score (nSPS) is 34.3. The number of anilines is 1. The Kier molecular flexibility index (Phi) is 11.0. The van der Waals surface area contributed by atoms with Crippen LogP contribution in [-0.2, 0) is 21.7 Å². The number of fused-ring (bicyclic) bond motifs is 5. The summed E-state index contributed by atoms with van der Waals surface area (Å²) in [7, 11) is 0. The molecule has 3 aliphatic carbocycles. The summed E-state index contributed by atoms with van der Waals surface area (Å²) in [5.74, 6) is 4.17. The van der Waals surface area contributed by atoms with Gasteiger partial charge in [-0.3, -0.25) is 0 Å². The monoisotopic (exact) mass is 500 g/mol. The van der Waals surface area contributed by atoms with Crippen LogP contribution in [0.5, 0.6) is 0 Å². The molecule has 0 amide bonds. The fourth-order valence-electron chi connectivity index (χ4n) is 8.81. The summed E-state index contributed by atoms with van der Waals surface area (Å²) in [5.41, 5.74) is 1.60. The van der Waals surface area contributed by atoms with Crippen LogP contribution in [0.4, 0.5) is 5.69 Å². The van der Waals surface area contributed by atoms with Crippen LogP contribution in [0.3, 0.4) is 0 Å². The van der Waals surface area contributed by atoms with Crippen LogP contribution in [-0.4, -0.2) is 23.2 Å². The van der Waals surface area contributed by atoms with Gasteiger partial charge in [0.05, 0.1) is 0 Å². The van der Waals surface area contributed by atoms with Crippen molar-refractivity contribution in [2.75, 3.05) is 4.90 Å². The van der Waals surface area contributed by atoms with Crippen LogP contribution in [0.2, 0.25) is 0 Å². The zero-order chi connectivity index (χ0) is 21.1. The van der Waals surface area contributed by atoms with Crippen molar-refractivity contribution in [3.8, 4) is 0 Å². The molecule has 34 heavy (non-hydrogen) atoms. The molecule has 0 bridgehead atoms. The average molecular weight is 501 g/mol. The molecule has 0 spiro atoms. The third kappa shape index (κ3) is 5.50. The molecule has 4 fully saturated rings. The van der Waals surface area contributed by atoms with Gasteiger partial charge in [-0.2, -0.15) is 0 Å². The Balaban J connectivity index is 0.00000144. The molecule has 0 radical (unpaired) electrons. The van der Waals surface area contributed by atoms with Crippen LogP contribution in [0.15, 0.2) is 30.3 Å². The van der Waals surface area contributed by atoms with E-state index in [-0.39, 0.29) is 55.1 Å². The van der Waals surface area contributed by atoms with Crippen LogP contribution >= 0.6 is 0 Å². The predicted molar refractivity (Wildman–Crippen MR) is 147 cm³/mol. The molecule has 1 saturated heterocycles. The van der Waals surface area contributed by atoms with Crippen molar-refractivity contribution in [2.45, 2.75) is 109 Å². The van der Waals surface area contributed by atoms with Gasteiger partial charge < -0.3 is 32.5 Å². The van der Waals surface area contributed by atoms with Crippen LogP contribution in [0.1, 0.15) is 86.0 Å². The first-order chi connectivity index (χ1) is 14.3. The number of nitrogens with zero attached hydrogens (tertiary/aromatic N) is 2. The second-order valence-corrected chi connectivity index (χ2v) is 12.4. The third-order valence-electron chi connectivity index (χ3n) is 9.03. The molecular formula is C31H52N2Ti. The van der Waals surface area contributed by atoms with Crippen molar-refractivity contribution in [3.63, 3.8) is 0 Å². The van der Waals surface area contributed by atoms with E-state index in [1.54, 1.807) is 0 Å². The first kappa shape index (κ1) is 31.7. The number of hydrogen-bond acceptors (Lipinski definition) is 1. The van der Waals surface area contributed by atoms with Gasteiger partial charge in [0.25, 0.3) is 0 Å². The number of rotatable bonds is 3. The van der Waals surface area contributed by atoms with Crippen molar-refractivity contribution < 1.29 is 21.7 Å². The zero-order valence-electron chi connectivity index (χ0n) is 23.5. The molecule has 5 rings (SSSR count). The van der Waals surface area contributed by atoms with E-state index >= 15 is 0 Å². The number of hydrogen-bond donors (Lipinski definition) is 0. The molecule has 1 aromatic rings. The van der Waals surface area contributed by atoms with Gasteiger partial charge in [-0.15, -0.1) is 11.1 Å². The first-order valence-corrected chi connectivity index (χ1v) is 12.9. The molecule has 1 aromatic carbocycles. The standard InChI is InChI=1S/C28H43N2.3CH3.Ti/c1-27(2,3)29-28(4,5)25-20-15-9-10-16-21(20)26-24(25)22-17-11-12-18-23(22)30(26)19-13-7-6-8-14-19;;;;/h6-8,13-14,20-26H,9-12,15-18H2,1-5H3;3*1H3;/q4*-1;+4. The van der Waals surface area contributed by atoms with Gasteiger partial charge >= 0.3 is 21.7 Å². The molecule has 1 heterocycles. The molecule has 1 aliphatic heterocycles. The summed E-state index contributed by atoms with van der Waals surface area (Å²) >= 11 is 0. The Labute approximate surface area is 228 Å². The Bertz CT molecular complexity index is 738. The molecule has 7 atom stereocenters. The maximum absolute atomic E-state index is 5.49. The second-order valence-electron chi connectivity index (χ2n) is 12.4. The third-order valence-corrected chi connectivity index (χ3v) is 9.03. The molecule has 190 valence electrons. The largest absolute Gasteiger partial charge is 4.00 e. The van der Waals surface area contributed by atoms with Crippen molar-refractivity contribution in [3.05, 3.63) is 57.9 Å². The molecule has 2 nitrogen and oxygen atoms in total. The summed E-state index contributed by atoms with van der Waals surface area (Å²) in [6.07, 6.45) is 11.4. The smallest absolute Gasteiger partial charge is 0.652 e. The van der Waals surface area contributed by atoms with Gasteiger partial charge in [0, 0.05) is 17.8 Å². The van der Waals surface area contributed by atoms with Crippen LogP contribution in [0.25, 0.3) is 5.32 Å². The minimum absolute atomic E-state index is 0. The minimum Gasteiger partial charge on any atom is -0.652 e. The molecule has 3 saturated carbocycles. The molecule has 3 heteroatoms. The zero-order valence-corrected chi connectivity index (χ0v) is 25.0. The average Bonchev–Trinajstić information content (AvgIpc) is 3.20. The van der Waals surface area contributed by atoms with Crippen LogP contribution < -0.4 is 4.90 Å². The van der Waals surface area contributed by atoms with E-state index < -0.39 is 0 Å². The summed E-state index contributed by atoms with van der Waals surface area (Å²) < 4.78 is 0. The maximum atomic E-state index is 5.49. The SMILES string of the molecule is CC(C)(C)[N-]C(C)(C)C1C2CCCCC2C2C1C1CCCCC1N2c1ccccc1.[CH3-].[CH3-].[CH3-].[Ti+4]. The summed E-state index contributed by atoms with van der Waals surface area (Å²) in [6, 6.07) is 13.0. The van der Waals surface area contributed by atoms with Crippen molar-refractivity contribution in [1.29, 1.82) is 0 Å². The predicted octanol–water partition coefficient (Wildman–Crippen LogP) is 8.79. The van der Waals surface area contributed by atoms with Crippen molar-refractivity contribution >= 4 is 5.69 Å². The fraction of sp³-hybridized carbons (Fsp3) is 0.710. The Morgan fingerprint density at radius 2 is 1.26 bits per heavy atom. The Hall–Kier alpha value is -0.306. The van der Waals surface area contributed by atoms with Gasteiger partial charge in [-0.05, 0) is 67.4 Å². The summed E-state index contributed by atoms with van der Waals surface area (Å²) in [6.45, 7) is 11.9. The van der Waals surface area contributed by atoms with Gasteiger partial charge in [0.15, 0.2) is 0 Å². The molecule has 0 N–H and O–H groups in total. The molecule has 4 aliphatic rings.